The molecule has 1 aliphatic rings. The average Bonchev–Trinajstić information content (AvgIpc) is 3.29. The van der Waals surface area contributed by atoms with Crippen molar-refractivity contribution in [3.8, 4) is 0 Å². The van der Waals surface area contributed by atoms with Gasteiger partial charge in [-0.3, -0.25) is 4.79 Å². The SMILES string of the molecule is O=C(N[C@H]1CCNC1)c1ccc(S(=O)(=O)NCCn2ccnc2)cc1. The minimum Gasteiger partial charge on any atom is -0.348 e. The smallest absolute Gasteiger partial charge is 0.251 e. The van der Waals surface area contributed by atoms with Crippen LogP contribution in [0.3, 0.4) is 0 Å². The number of nitrogens with zero attached hydrogens (tertiary/aromatic N) is 2. The average molecular weight is 363 g/mol. The lowest BCUT2D eigenvalue weighted by molar-refractivity contribution is 0.0940. The van der Waals surface area contributed by atoms with Crippen molar-refractivity contribution < 1.29 is 13.2 Å². The molecule has 134 valence electrons. The number of sulfonamides is 1. The summed E-state index contributed by atoms with van der Waals surface area (Å²) < 4.78 is 28.9. The van der Waals surface area contributed by atoms with Crippen LogP contribution < -0.4 is 15.4 Å². The molecule has 1 atom stereocenters. The summed E-state index contributed by atoms with van der Waals surface area (Å²) in [6.45, 7) is 2.41. The third-order valence-electron chi connectivity index (χ3n) is 4.04. The predicted molar refractivity (Wildman–Crippen MR) is 92.6 cm³/mol. The summed E-state index contributed by atoms with van der Waals surface area (Å²) in [5.74, 6) is -0.189. The van der Waals surface area contributed by atoms with Crippen LogP contribution in [-0.2, 0) is 16.6 Å². The van der Waals surface area contributed by atoms with Gasteiger partial charge in [0.15, 0.2) is 0 Å². The van der Waals surface area contributed by atoms with Gasteiger partial charge in [0.2, 0.25) is 10.0 Å². The number of rotatable bonds is 7. The van der Waals surface area contributed by atoms with Crippen LogP contribution in [0.15, 0.2) is 47.9 Å². The van der Waals surface area contributed by atoms with Crippen molar-refractivity contribution in [3.05, 3.63) is 48.5 Å². The number of carbonyl (C=O) groups excluding carboxylic acids is 1. The maximum atomic E-state index is 12.3. The van der Waals surface area contributed by atoms with E-state index < -0.39 is 10.0 Å². The van der Waals surface area contributed by atoms with Gasteiger partial charge in [-0.1, -0.05) is 0 Å². The van der Waals surface area contributed by atoms with Crippen molar-refractivity contribution in [3.63, 3.8) is 0 Å². The predicted octanol–water partition coefficient (Wildman–Crippen LogP) is -0.0467. The molecule has 0 unspecified atom stereocenters. The lowest BCUT2D eigenvalue weighted by Gasteiger charge is -2.12. The van der Waals surface area contributed by atoms with Crippen LogP contribution in [0.25, 0.3) is 0 Å². The molecule has 3 N–H and O–H groups in total. The number of hydrogen-bond donors (Lipinski definition) is 3. The van der Waals surface area contributed by atoms with E-state index >= 15 is 0 Å². The van der Waals surface area contributed by atoms with E-state index in [1.165, 1.54) is 24.3 Å². The van der Waals surface area contributed by atoms with Gasteiger partial charge in [0, 0.05) is 43.6 Å². The van der Waals surface area contributed by atoms with Crippen molar-refractivity contribution in [2.45, 2.75) is 23.9 Å². The molecular weight excluding hydrogens is 342 g/mol. The largest absolute Gasteiger partial charge is 0.348 e. The minimum atomic E-state index is -3.60. The van der Waals surface area contributed by atoms with Crippen molar-refractivity contribution in [2.24, 2.45) is 0 Å². The van der Waals surface area contributed by atoms with E-state index in [9.17, 15) is 13.2 Å². The second kappa shape index (κ2) is 7.77. The number of aromatic nitrogens is 2. The lowest BCUT2D eigenvalue weighted by Crippen LogP contribution is -2.36. The van der Waals surface area contributed by atoms with Crippen molar-refractivity contribution in [1.29, 1.82) is 0 Å². The van der Waals surface area contributed by atoms with E-state index in [2.05, 4.69) is 20.3 Å². The van der Waals surface area contributed by atoms with Crippen LogP contribution in [0.5, 0.6) is 0 Å². The molecule has 25 heavy (non-hydrogen) atoms. The first kappa shape index (κ1) is 17.6. The van der Waals surface area contributed by atoms with Gasteiger partial charge in [-0.25, -0.2) is 18.1 Å². The zero-order valence-corrected chi connectivity index (χ0v) is 14.5. The third-order valence-corrected chi connectivity index (χ3v) is 5.52. The highest BCUT2D eigenvalue weighted by Gasteiger charge is 2.18. The molecule has 1 aromatic carbocycles. The molecule has 2 aromatic rings. The fraction of sp³-hybridized carbons (Fsp3) is 0.375. The molecule has 0 bridgehead atoms. The molecule has 0 radical (unpaired) electrons. The van der Waals surface area contributed by atoms with E-state index in [1.54, 1.807) is 23.3 Å². The Morgan fingerprint density at radius 2 is 2.12 bits per heavy atom. The standard InChI is InChI=1S/C16H21N5O3S/c22-16(20-14-5-6-17-11-14)13-1-3-15(4-2-13)25(23,24)19-8-10-21-9-7-18-12-21/h1-4,7,9,12,14,17,19H,5-6,8,10-11H2,(H,20,22)/t14-/m0/s1. The normalized spacial score (nSPS) is 17.5. The van der Waals surface area contributed by atoms with E-state index in [0.29, 0.717) is 12.1 Å². The molecule has 0 saturated carbocycles. The Balaban J connectivity index is 1.57. The number of imidazole rings is 1. The molecule has 2 heterocycles. The summed E-state index contributed by atoms with van der Waals surface area (Å²) in [4.78, 5) is 16.2. The maximum absolute atomic E-state index is 12.3. The monoisotopic (exact) mass is 363 g/mol. The van der Waals surface area contributed by atoms with Gasteiger partial charge in [0.05, 0.1) is 11.2 Å². The highest BCUT2D eigenvalue weighted by Crippen LogP contribution is 2.11. The number of nitrogens with one attached hydrogen (secondary N) is 3. The van der Waals surface area contributed by atoms with Gasteiger partial charge in [-0.2, -0.15) is 0 Å². The Morgan fingerprint density at radius 1 is 1.32 bits per heavy atom. The van der Waals surface area contributed by atoms with Crippen molar-refractivity contribution >= 4 is 15.9 Å². The second-order valence-corrected chi connectivity index (χ2v) is 7.65. The number of benzene rings is 1. The first-order valence-corrected chi connectivity index (χ1v) is 9.60. The Kier molecular flexibility index (Phi) is 5.47. The fourth-order valence-electron chi connectivity index (χ4n) is 2.64. The quantitative estimate of drug-likeness (QED) is 0.640. The summed E-state index contributed by atoms with van der Waals surface area (Å²) in [7, 11) is -3.60. The topological polar surface area (TPSA) is 105 Å². The van der Waals surface area contributed by atoms with Crippen molar-refractivity contribution in [1.82, 2.24) is 24.9 Å². The van der Waals surface area contributed by atoms with Gasteiger partial charge in [0.25, 0.3) is 5.91 Å². The number of carbonyl (C=O) groups is 1. The molecule has 0 spiro atoms. The van der Waals surface area contributed by atoms with Crippen LogP contribution >= 0.6 is 0 Å². The fourth-order valence-corrected chi connectivity index (χ4v) is 3.66. The van der Waals surface area contributed by atoms with E-state index in [4.69, 9.17) is 0 Å². The van der Waals surface area contributed by atoms with Gasteiger partial charge < -0.3 is 15.2 Å². The van der Waals surface area contributed by atoms with Gasteiger partial charge in [0.1, 0.15) is 0 Å². The summed E-state index contributed by atoms with van der Waals surface area (Å²) >= 11 is 0. The van der Waals surface area contributed by atoms with Gasteiger partial charge in [-0.05, 0) is 37.2 Å². The van der Waals surface area contributed by atoms with Crippen LogP contribution in [-0.4, -0.2) is 49.6 Å². The molecule has 0 aliphatic carbocycles. The van der Waals surface area contributed by atoms with E-state index in [0.717, 1.165) is 19.5 Å². The number of amides is 1. The minimum absolute atomic E-state index is 0.126. The second-order valence-electron chi connectivity index (χ2n) is 5.89. The molecule has 1 aliphatic heterocycles. The Morgan fingerprint density at radius 3 is 2.76 bits per heavy atom. The van der Waals surface area contributed by atoms with Crippen LogP contribution in [0.2, 0.25) is 0 Å². The summed E-state index contributed by atoms with van der Waals surface area (Å²) in [5, 5.41) is 6.11. The number of hydrogen-bond acceptors (Lipinski definition) is 5. The first-order chi connectivity index (χ1) is 12.0. The molecule has 1 aromatic heterocycles. The molecule has 1 amide bonds. The lowest BCUT2D eigenvalue weighted by atomic mass is 10.2. The molecule has 8 nitrogen and oxygen atoms in total. The summed E-state index contributed by atoms with van der Waals surface area (Å²) in [6.07, 6.45) is 5.93. The Hall–Kier alpha value is -2.23. The van der Waals surface area contributed by atoms with Gasteiger partial charge in [-0.15, -0.1) is 0 Å². The first-order valence-electron chi connectivity index (χ1n) is 8.12. The molecule has 1 fully saturated rings. The molecule has 9 heteroatoms. The van der Waals surface area contributed by atoms with E-state index in [1.807, 2.05) is 0 Å². The third kappa shape index (κ3) is 4.65. The molecule has 1 saturated heterocycles. The van der Waals surface area contributed by atoms with E-state index in [-0.39, 0.29) is 23.4 Å². The Bertz CT molecular complexity index is 797. The van der Waals surface area contributed by atoms with Crippen LogP contribution in [0, 0.1) is 0 Å². The Labute approximate surface area is 146 Å². The summed E-state index contributed by atoms with van der Waals surface area (Å²) in [5.41, 5.74) is 0.448. The summed E-state index contributed by atoms with van der Waals surface area (Å²) in [6, 6.07) is 6.08. The zero-order chi connectivity index (χ0) is 17.7. The van der Waals surface area contributed by atoms with Crippen LogP contribution in [0.1, 0.15) is 16.8 Å². The maximum Gasteiger partial charge on any atom is 0.251 e. The highest BCUT2D eigenvalue weighted by atomic mass is 32.2. The highest BCUT2D eigenvalue weighted by molar-refractivity contribution is 7.89. The van der Waals surface area contributed by atoms with Crippen LogP contribution in [0.4, 0.5) is 0 Å². The zero-order valence-electron chi connectivity index (χ0n) is 13.7. The van der Waals surface area contributed by atoms with Crippen molar-refractivity contribution in [2.75, 3.05) is 19.6 Å². The van der Waals surface area contributed by atoms with Gasteiger partial charge >= 0.3 is 0 Å². The molecular formula is C16H21N5O3S. The molecule has 3 rings (SSSR count).